The molecule has 96 valence electrons. The zero-order chi connectivity index (χ0) is 13.5. The minimum atomic E-state index is -1.05. The van der Waals surface area contributed by atoms with E-state index in [1.54, 1.807) is 13.8 Å². The molecular weight excluding hydrogens is 230 g/mol. The van der Waals surface area contributed by atoms with Crippen LogP contribution in [0, 0.1) is 13.8 Å². The van der Waals surface area contributed by atoms with Gasteiger partial charge in [-0.1, -0.05) is 23.8 Å². The number of carbonyl (C=O) groups excluding carboxylic acids is 2. The van der Waals surface area contributed by atoms with Gasteiger partial charge in [0, 0.05) is 0 Å². The molecule has 4 nitrogen and oxygen atoms in total. The molecule has 1 aliphatic heterocycles. The van der Waals surface area contributed by atoms with Crippen LogP contribution in [0.5, 0.6) is 0 Å². The summed E-state index contributed by atoms with van der Waals surface area (Å²) in [6.45, 7) is 7.43. The van der Waals surface area contributed by atoms with Crippen molar-refractivity contribution >= 4 is 12.0 Å². The van der Waals surface area contributed by atoms with Gasteiger partial charge in [-0.3, -0.25) is 4.79 Å². The molecule has 18 heavy (non-hydrogen) atoms. The maximum absolute atomic E-state index is 12.0. The van der Waals surface area contributed by atoms with Crippen LogP contribution in [0.25, 0.3) is 0 Å². The highest BCUT2D eigenvalue weighted by atomic mass is 16.6. The van der Waals surface area contributed by atoms with Gasteiger partial charge in [-0.05, 0) is 38.8 Å². The molecule has 0 atom stereocenters. The summed E-state index contributed by atoms with van der Waals surface area (Å²) in [6.07, 6.45) is -0.564. The third-order valence-corrected chi connectivity index (χ3v) is 3.16. The summed E-state index contributed by atoms with van der Waals surface area (Å²) < 4.78 is 5.05. The van der Waals surface area contributed by atoms with E-state index in [1.807, 2.05) is 32.0 Å². The minimum absolute atomic E-state index is 0.272. The maximum Gasteiger partial charge on any atom is 0.418 e. The minimum Gasteiger partial charge on any atom is -0.433 e. The highest BCUT2D eigenvalue weighted by molar-refractivity contribution is 6.02. The van der Waals surface area contributed by atoms with E-state index in [9.17, 15) is 9.59 Å². The third-order valence-electron chi connectivity index (χ3n) is 3.16. The first-order valence-electron chi connectivity index (χ1n) is 5.92. The number of carbonyl (C=O) groups is 2. The van der Waals surface area contributed by atoms with E-state index < -0.39 is 11.7 Å². The van der Waals surface area contributed by atoms with Gasteiger partial charge in [0.15, 0.2) is 5.60 Å². The molecule has 0 aliphatic carbocycles. The Hall–Kier alpha value is -1.84. The first-order chi connectivity index (χ1) is 8.31. The Morgan fingerprint density at radius 1 is 1.22 bits per heavy atom. The number of aryl methyl sites for hydroxylation is 2. The molecule has 0 aromatic heterocycles. The third kappa shape index (κ3) is 2.10. The zero-order valence-electron chi connectivity index (χ0n) is 11.1. The molecule has 0 unspecified atom stereocenters. The van der Waals surface area contributed by atoms with Crippen molar-refractivity contribution in [3.8, 4) is 0 Å². The smallest absolute Gasteiger partial charge is 0.418 e. The molecular formula is C14H17NO3. The Balaban J connectivity index is 2.27. The van der Waals surface area contributed by atoms with Gasteiger partial charge in [0.2, 0.25) is 0 Å². The van der Waals surface area contributed by atoms with Crippen molar-refractivity contribution < 1.29 is 14.3 Å². The summed E-state index contributed by atoms with van der Waals surface area (Å²) in [5.74, 6) is -0.284. The summed E-state index contributed by atoms with van der Waals surface area (Å²) in [7, 11) is 0. The molecule has 1 aliphatic rings. The number of hydrogen-bond donors (Lipinski definition) is 0. The number of cyclic esters (lactones) is 1. The van der Waals surface area contributed by atoms with Crippen LogP contribution < -0.4 is 0 Å². The van der Waals surface area contributed by atoms with Crippen molar-refractivity contribution in [2.24, 2.45) is 0 Å². The van der Waals surface area contributed by atoms with Crippen LogP contribution in [0.15, 0.2) is 18.2 Å². The number of imide groups is 1. The molecule has 1 saturated heterocycles. The quantitative estimate of drug-likeness (QED) is 0.807. The van der Waals surface area contributed by atoms with Crippen LogP contribution in [0.4, 0.5) is 4.79 Å². The fourth-order valence-corrected chi connectivity index (χ4v) is 2.00. The summed E-state index contributed by atoms with van der Waals surface area (Å²) in [5.41, 5.74) is 2.09. The Morgan fingerprint density at radius 3 is 2.44 bits per heavy atom. The van der Waals surface area contributed by atoms with E-state index in [1.165, 1.54) is 4.90 Å². The number of amides is 2. The Bertz CT molecular complexity index is 520. The Morgan fingerprint density at radius 2 is 1.89 bits per heavy atom. The number of nitrogens with zero attached hydrogens (tertiary/aromatic N) is 1. The molecule has 2 amide bonds. The van der Waals surface area contributed by atoms with Crippen LogP contribution in [-0.4, -0.2) is 22.5 Å². The second kappa shape index (κ2) is 4.12. The van der Waals surface area contributed by atoms with Gasteiger partial charge in [-0.2, -0.15) is 0 Å². The average molecular weight is 247 g/mol. The van der Waals surface area contributed by atoms with E-state index in [-0.39, 0.29) is 12.5 Å². The summed E-state index contributed by atoms with van der Waals surface area (Å²) in [4.78, 5) is 24.9. The predicted octanol–water partition coefficient (Wildman–Crippen LogP) is 2.56. The lowest BCUT2D eigenvalue weighted by molar-refractivity contribution is -0.134. The molecule has 2 rings (SSSR count). The van der Waals surface area contributed by atoms with E-state index >= 15 is 0 Å². The van der Waals surface area contributed by atoms with Crippen molar-refractivity contribution in [2.45, 2.75) is 39.8 Å². The fraction of sp³-hybridized carbons (Fsp3) is 0.429. The molecule has 0 spiro atoms. The molecule has 0 N–H and O–H groups in total. The van der Waals surface area contributed by atoms with Crippen molar-refractivity contribution in [1.82, 2.24) is 4.90 Å². The average Bonchev–Trinajstić information content (AvgIpc) is 2.46. The number of hydrogen-bond acceptors (Lipinski definition) is 3. The van der Waals surface area contributed by atoms with Crippen LogP contribution in [0.2, 0.25) is 0 Å². The molecule has 0 radical (unpaired) electrons. The Kier molecular flexibility index (Phi) is 2.89. The van der Waals surface area contributed by atoms with Gasteiger partial charge >= 0.3 is 6.09 Å². The molecule has 0 bridgehead atoms. The monoisotopic (exact) mass is 247 g/mol. The van der Waals surface area contributed by atoms with Crippen LogP contribution >= 0.6 is 0 Å². The summed E-state index contributed by atoms with van der Waals surface area (Å²) >= 11 is 0. The summed E-state index contributed by atoms with van der Waals surface area (Å²) in [5, 5.41) is 0. The lowest BCUT2D eigenvalue weighted by Gasteiger charge is -2.15. The van der Waals surface area contributed by atoms with Crippen LogP contribution in [0.3, 0.4) is 0 Å². The van der Waals surface area contributed by atoms with E-state index in [0.717, 1.165) is 16.7 Å². The largest absolute Gasteiger partial charge is 0.433 e. The fourth-order valence-electron chi connectivity index (χ4n) is 2.00. The molecule has 1 aromatic rings. The van der Waals surface area contributed by atoms with Crippen molar-refractivity contribution in [3.05, 3.63) is 34.9 Å². The van der Waals surface area contributed by atoms with Crippen LogP contribution in [0.1, 0.15) is 30.5 Å². The molecule has 1 aromatic carbocycles. The lowest BCUT2D eigenvalue weighted by Crippen LogP contribution is -2.35. The maximum atomic E-state index is 12.0. The SMILES string of the molecule is Cc1ccc(C)c(CN2C(=O)OC(C)(C)C2=O)c1. The van der Waals surface area contributed by atoms with E-state index in [0.29, 0.717) is 0 Å². The standard InChI is InChI=1S/C14H17NO3/c1-9-5-6-10(2)11(7-9)8-15-12(16)14(3,4)18-13(15)17/h5-7H,8H2,1-4H3. The van der Waals surface area contributed by atoms with E-state index in [2.05, 4.69) is 0 Å². The highest BCUT2D eigenvalue weighted by Crippen LogP contribution is 2.26. The Labute approximate surface area is 107 Å². The van der Waals surface area contributed by atoms with Crippen molar-refractivity contribution in [3.63, 3.8) is 0 Å². The lowest BCUT2D eigenvalue weighted by atomic mass is 10.0. The zero-order valence-corrected chi connectivity index (χ0v) is 11.1. The van der Waals surface area contributed by atoms with Crippen molar-refractivity contribution in [1.29, 1.82) is 0 Å². The van der Waals surface area contributed by atoms with Gasteiger partial charge < -0.3 is 4.74 Å². The number of benzene rings is 1. The second-order valence-electron chi connectivity index (χ2n) is 5.20. The molecule has 4 heteroatoms. The first-order valence-corrected chi connectivity index (χ1v) is 5.92. The van der Waals surface area contributed by atoms with Crippen LogP contribution in [-0.2, 0) is 16.1 Å². The molecule has 1 heterocycles. The van der Waals surface area contributed by atoms with E-state index in [4.69, 9.17) is 4.74 Å². The van der Waals surface area contributed by atoms with Gasteiger partial charge in [-0.25, -0.2) is 9.69 Å². The topological polar surface area (TPSA) is 46.6 Å². The normalized spacial score (nSPS) is 18.1. The van der Waals surface area contributed by atoms with Gasteiger partial charge in [-0.15, -0.1) is 0 Å². The molecule has 0 saturated carbocycles. The van der Waals surface area contributed by atoms with Gasteiger partial charge in [0.05, 0.1) is 6.54 Å². The first kappa shape index (κ1) is 12.6. The predicted molar refractivity (Wildman–Crippen MR) is 67.0 cm³/mol. The van der Waals surface area contributed by atoms with Gasteiger partial charge in [0.1, 0.15) is 0 Å². The second-order valence-corrected chi connectivity index (χ2v) is 5.20. The number of ether oxygens (including phenoxy) is 1. The summed E-state index contributed by atoms with van der Waals surface area (Å²) in [6, 6.07) is 5.98. The highest BCUT2D eigenvalue weighted by Gasteiger charge is 2.46. The number of rotatable bonds is 2. The molecule has 1 fully saturated rings. The van der Waals surface area contributed by atoms with Gasteiger partial charge in [0.25, 0.3) is 5.91 Å². The van der Waals surface area contributed by atoms with Crippen molar-refractivity contribution in [2.75, 3.05) is 0 Å².